The number of nitrogens with one attached hydrogen (secondary N) is 1. The quantitative estimate of drug-likeness (QED) is 0.786. The van der Waals surface area contributed by atoms with Gasteiger partial charge in [-0.05, 0) is 36.6 Å². The summed E-state index contributed by atoms with van der Waals surface area (Å²) in [6, 6.07) is 6.14. The van der Waals surface area contributed by atoms with Gasteiger partial charge in [0.25, 0.3) is 0 Å². The van der Waals surface area contributed by atoms with Crippen molar-refractivity contribution in [3.05, 3.63) is 35.9 Å². The molecule has 0 bridgehead atoms. The number of sulfonamides is 1. The van der Waals surface area contributed by atoms with Gasteiger partial charge in [-0.25, -0.2) is 17.9 Å². The molecule has 0 amide bonds. The Kier molecular flexibility index (Phi) is 3.49. The van der Waals surface area contributed by atoms with E-state index in [1.54, 1.807) is 12.1 Å². The third kappa shape index (κ3) is 3.41. The van der Waals surface area contributed by atoms with Crippen LogP contribution in [0.4, 0.5) is 0 Å². The van der Waals surface area contributed by atoms with E-state index in [-0.39, 0.29) is 10.9 Å². The van der Waals surface area contributed by atoms with Crippen molar-refractivity contribution in [3.63, 3.8) is 0 Å². The average Bonchev–Trinajstić information content (AvgIpc) is 3.10. The van der Waals surface area contributed by atoms with Crippen molar-refractivity contribution < 1.29 is 18.3 Å². The van der Waals surface area contributed by atoms with Crippen LogP contribution in [-0.4, -0.2) is 25.5 Å². The summed E-state index contributed by atoms with van der Waals surface area (Å²) in [7, 11) is -3.44. The van der Waals surface area contributed by atoms with Gasteiger partial charge >= 0.3 is 5.97 Å². The zero-order valence-electron chi connectivity index (χ0n) is 9.54. The van der Waals surface area contributed by atoms with Crippen molar-refractivity contribution in [1.29, 1.82) is 0 Å². The molecule has 2 rings (SSSR count). The molecule has 2 N–H and O–H groups in total. The SMILES string of the molecule is O=C(O)C=Cc1ccc(S(=O)(=O)NC2CC2)cc1. The van der Waals surface area contributed by atoms with Crippen LogP contribution in [0.2, 0.25) is 0 Å². The zero-order chi connectivity index (χ0) is 13.2. The van der Waals surface area contributed by atoms with Gasteiger partial charge in [0, 0.05) is 12.1 Å². The fourth-order valence-electron chi connectivity index (χ4n) is 1.41. The molecular formula is C12H13NO4S. The molecule has 0 aromatic heterocycles. The number of hydrogen-bond donors (Lipinski definition) is 2. The summed E-state index contributed by atoms with van der Waals surface area (Å²) in [4.78, 5) is 10.5. The van der Waals surface area contributed by atoms with Crippen molar-refractivity contribution in [3.8, 4) is 0 Å². The molecule has 0 heterocycles. The van der Waals surface area contributed by atoms with Crippen LogP contribution in [0.5, 0.6) is 0 Å². The number of carbonyl (C=O) groups is 1. The predicted octanol–water partition coefficient (Wildman–Crippen LogP) is 1.23. The molecule has 96 valence electrons. The standard InChI is InChI=1S/C12H13NO4S/c14-12(15)8-3-9-1-6-11(7-2-9)18(16,17)13-10-4-5-10/h1-3,6-8,10,13H,4-5H2,(H,14,15). The summed E-state index contributed by atoms with van der Waals surface area (Å²) >= 11 is 0. The maximum atomic E-state index is 11.8. The molecule has 0 saturated heterocycles. The first-order chi connectivity index (χ1) is 8.47. The van der Waals surface area contributed by atoms with Crippen LogP contribution in [0.3, 0.4) is 0 Å². The predicted molar refractivity (Wildman–Crippen MR) is 66.5 cm³/mol. The molecule has 1 aliphatic carbocycles. The molecule has 1 saturated carbocycles. The molecule has 1 aromatic rings. The second kappa shape index (κ2) is 4.91. The fraction of sp³-hybridized carbons (Fsp3) is 0.250. The minimum atomic E-state index is -3.44. The van der Waals surface area contributed by atoms with Crippen LogP contribution in [0, 0.1) is 0 Å². The Bertz CT molecular complexity index is 571. The lowest BCUT2D eigenvalue weighted by Crippen LogP contribution is -2.25. The van der Waals surface area contributed by atoms with E-state index in [0.717, 1.165) is 18.9 Å². The first kappa shape index (κ1) is 12.8. The van der Waals surface area contributed by atoms with E-state index in [1.165, 1.54) is 18.2 Å². The molecule has 1 aromatic carbocycles. The lowest BCUT2D eigenvalue weighted by Gasteiger charge is -2.05. The lowest BCUT2D eigenvalue weighted by atomic mass is 10.2. The number of hydrogen-bond acceptors (Lipinski definition) is 3. The second-order valence-corrected chi connectivity index (χ2v) is 5.85. The van der Waals surface area contributed by atoms with Crippen LogP contribution < -0.4 is 4.72 Å². The smallest absolute Gasteiger partial charge is 0.328 e. The van der Waals surface area contributed by atoms with Crippen molar-refractivity contribution in [2.45, 2.75) is 23.8 Å². The van der Waals surface area contributed by atoms with E-state index < -0.39 is 16.0 Å². The Hall–Kier alpha value is -1.66. The van der Waals surface area contributed by atoms with Gasteiger partial charge in [0.2, 0.25) is 10.0 Å². The van der Waals surface area contributed by atoms with Gasteiger partial charge in [-0.1, -0.05) is 12.1 Å². The van der Waals surface area contributed by atoms with Crippen LogP contribution in [-0.2, 0) is 14.8 Å². The minimum absolute atomic E-state index is 0.0709. The van der Waals surface area contributed by atoms with E-state index in [2.05, 4.69) is 4.72 Å². The normalized spacial score (nSPS) is 16.0. The highest BCUT2D eigenvalue weighted by atomic mass is 32.2. The summed E-state index contributed by atoms with van der Waals surface area (Å²) in [6.07, 6.45) is 4.19. The Morgan fingerprint density at radius 3 is 2.39 bits per heavy atom. The molecular weight excluding hydrogens is 254 g/mol. The van der Waals surface area contributed by atoms with E-state index >= 15 is 0 Å². The summed E-state index contributed by atoms with van der Waals surface area (Å²) in [5, 5.41) is 8.47. The summed E-state index contributed by atoms with van der Waals surface area (Å²) in [6.45, 7) is 0. The molecule has 0 unspecified atom stereocenters. The van der Waals surface area contributed by atoms with Crippen LogP contribution in [0.15, 0.2) is 35.2 Å². The van der Waals surface area contributed by atoms with Crippen molar-refractivity contribution in [1.82, 2.24) is 4.72 Å². The van der Waals surface area contributed by atoms with Crippen molar-refractivity contribution in [2.24, 2.45) is 0 Å². The topological polar surface area (TPSA) is 83.5 Å². The maximum absolute atomic E-state index is 11.8. The molecule has 1 fully saturated rings. The largest absolute Gasteiger partial charge is 0.478 e. The molecule has 18 heavy (non-hydrogen) atoms. The number of rotatable bonds is 5. The first-order valence-corrected chi connectivity index (χ1v) is 6.99. The highest BCUT2D eigenvalue weighted by Crippen LogP contribution is 2.22. The van der Waals surface area contributed by atoms with Gasteiger partial charge < -0.3 is 5.11 Å². The monoisotopic (exact) mass is 267 g/mol. The molecule has 1 aliphatic rings. The highest BCUT2D eigenvalue weighted by molar-refractivity contribution is 7.89. The Labute approximate surface area is 105 Å². The Morgan fingerprint density at radius 1 is 1.28 bits per heavy atom. The third-order valence-corrected chi connectivity index (χ3v) is 4.04. The Morgan fingerprint density at radius 2 is 1.89 bits per heavy atom. The molecule has 0 spiro atoms. The second-order valence-electron chi connectivity index (χ2n) is 4.14. The third-order valence-electron chi connectivity index (χ3n) is 2.51. The van der Waals surface area contributed by atoms with Crippen LogP contribution >= 0.6 is 0 Å². The fourth-order valence-corrected chi connectivity index (χ4v) is 2.72. The van der Waals surface area contributed by atoms with E-state index in [4.69, 9.17) is 5.11 Å². The Balaban J connectivity index is 2.13. The molecule has 0 atom stereocenters. The van der Waals surface area contributed by atoms with Crippen LogP contribution in [0.1, 0.15) is 18.4 Å². The van der Waals surface area contributed by atoms with Gasteiger partial charge in [0.05, 0.1) is 4.90 Å². The molecule has 0 aliphatic heterocycles. The van der Waals surface area contributed by atoms with Gasteiger partial charge in [0.15, 0.2) is 0 Å². The molecule has 0 radical (unpaired) electrons. The highest BCUT2D eigenvalue weighted by Gasteiger charge is 2.27. The van der Waals surface area contributed by atoms with Gasteiger partial charge in [0.1, 0.15) is 0 Å². The summed E-state index contributed by atoms with van der Waals surface area (Å²) in [5.74, 6) is -1.04. The maximum Gasteiger partial charge on any atom is 0.328 e. The summed E-state index contributed by atoms with van der Waals surface area (Å²) < 4.78 is 26.2. The van der Waals surface area contributed by atoms with Crippen molar-refractivity contribution in [2.75, 3.05) is 0 Å². The van der Waals surface area contributed by atoms with E-state index in [9.17, 15) is 13.2 Å². The number of benzene rings is 1. The van der Waals surface area contributed by atoms with Crippen molar-refractivity contribution >= 4 is 22.1 Å². The number of aliphatic carboxylic acids is 1. The van der Waals surface area contributed by atoms with Crippen LogP contribution in [0.25, 0.3) is 6.08 Å². The molecule has 6 heteroatoms. The average molecular weight is 267 g/mol. The zero-order valence-corrected chi connectivity index (χ0v) is 10.4. The molecule has 5 nitrogen and oxygen atoms in total. The first-order valence-electron chi connectivity index (χ1n) is 5.51. The van der Waals surface area contributed by atoms with Gasteiger partial charge in [-0.3, -0.25) is 0 Å². The van der Waals surface area contributed by atoms with E-state index in [1.807, 2.05) is 0 Å². The number of carboxylic acid groups (broad SMARTS) is 1. The van der Waals surface area contributed by atoms with Gasteiger partial charge in [-0.15, -0.1) is 0 Å². The minimum Gasteiger partial charge on any atom is -0.478 e. The van der Waals surface area contributed by atoms with Gasteiger partial charge in [-0.2, -0.15) is 0 Å². The number of carboxylic acids is 1. The lowest BCUT2D eigenvalue weighted by molar-refractivity contribution is -0.131. The summed E-state index contributed by atoms with van der Waals surface area (Å²) in [5.41, 5.74) is 0.641. The van der Waals surface area contributed by atoms with E-state index in [0.29, 0.717) is 5.56 Å².